The summed E-state index contributed by atoms with van der Waals surface area (Å²) < 4.78 is 0.987. The van der Waals surface area contributed by atoms with Crippen molar-refractivity contribution in [3.05, 3.63) is 41.6 Å². The fourth-order valence-electron chi connectivity index (χ4n) is 4.57. The highest BCUT2D eigenvalue weighted by atomic mass is 16.1. The van der Waals surface area contributed by atoms with Gasteiger partial charge in [-0.1, -0.05) is 18.2 Å². The van der Waals surface area contributed by atoms with E-state index in [1.54, 1.807) is 0 Å². The molecule has 0 saturated carbocycles. The second-order valence-corrected chi connectivity index (χ2v) is 7.20. The van der Waals surface area contributed by atoms with Gasteiger partial charge in [0.15, 0.2) is 6.29 Å². The van der Waals surface area contributed by atoms with Crippen molar-refractivity contribution in [2.24, 2.45) is 0 Å². The highest BCUT2D eigenvalue weighted by Crippen LogP contribution is 2.31. The van der Waals surface area contributed by atoms with Gasteiger partial charge in [-0.2, -0.15) is 0 Å². The van der Waals surface area contributed by atoms with Crippen molar-refractivity contribution in [2.45, 2.75) is 6.54 Å². The lowest BCUT2D eigenvalue weighted by atomic mass is 10.1. The van der Waals surface area contributed by atoms with Gasteiger partial charge in [-0.15, -0.1) is 0 Å². The van der Waals surface area contributed by atoms with Crippen molar-refractivity contribution in [1.82, 2.24) is 19.7 Å². The maximum atomic E-state index is 11.6. The van der Waals surface area contributed by atoms with E-state index in [1.165, 1.54) is 0 Å². The number of pyridine rings is 1. The Kier molecular flexibility index (Phi) is 2.84. The lowest BCUT2D eigenvalue weighted by Crippen LogP contribution is -2.78. The van der Waals surface area contributed by atoms with Gasteiger partial charge < -0.3 is 0 Å². The Hall–Kier alpha value is -1.86. The SMILES string of the molecule is O=Cc1nc2ccccc2cc1C[N+]12CN3CN(CN(C3)C1)C2. The summed E-state index contributed by atoms with van der Waals surface area (Å²) in [4.78, 5) is 23.6. The maximum Gasteiger partial charge on any atom is 0.168 e. The Morgan fingerprint density at radius 3 is 2.35 bits per heavy atom. The van der Waals surface area contributed by atoms with Crippen LogP contribution in [-0.4, -0.2) is 70.5 Å². The maximum absolute atomic E-state index is 11.6. The summed E-state index contributed by atoms with van der Waals surface area (Å²) >= 11 is 0. The second kappa shape index (κ2) is 4.82. The summed E-state index contributed by atoms with van der Waals surface area (Å²) in [6, 6.07) is 10.2. The molecule has 4 aliphatic rings. The first kappa shape index (κ1) is 13.6. The van der Waals surface area contributed by atoms with Crippen LogP contribution >= 0.6 is 0 Å². The summed E-state index contributed by atoms with van der Waals surface area (Å²) in [5.41, 5.74) is 2.56. The third kappa shape index (κ3) is 2.18. The minimum atomic E-state index is 0.595. The third-order valence-corrected chi connectivity index (χ3v) is 5.15. The zero-order valence-electron chi connectivity index (χ0n) is 13.1. The van der Waals surface area contributed by atoms with Gasteiger partial charge in [0, 0.05) is 10.9 Å². The van der Waals surface area contributed by atoms with Gasteiger partial charge in [0.2, 0.25) is 0 Å². The van der Waals surface area contributed by atoms with Crippen molar-refractivity contribution in [2.75, 3.05) is 40.0 Å². The Morgan fingerprint density at radius 2 is 1.70 bits per heavy atom. The van der Waals surface area contributed by atoms with Crippen molar-refractivity contribution in [1.29, 1.82) is 0 Å². The molecule has 5 heterocycles. The monoisotopic (exact) mass is 310 g/mol. The van der Waals surface area contributed by atoms with Gasteiger partial charge in [-0.25, -0.2) is 19.7 Å². The van der Waals surface area contributed by atoms with Gasteiger partial charge in [-0.3, -0.25) is 9.28 Å². The molecule has 0 unspecified atom stereocenters. The van der Waals surface area contributed by atoms with Crippen LogP contribution in [0.5, 0.6) is 0 Å². The standard InChI is InChI=1S/C17H20N5O/c23-7-17-15(5-14-3-1-2-4-16(14)18-17)6-22-11-19-8-20(12-22)10-21(9-19)13-22/h1-5,7H,6,8-13H2/q+1. The van der Waals surface area contributed by atoms with Gasteiger partial charge >= 0.3 is 0 Å². The van der Waals surface area contributed by atoms with E-state index in [9.17, 15) is 4.79 Å². The van der Waals surface area contributed by atoms with E-state index in [4.69, 9.17) is 0 Å². The first-order valence-corrected chi connectivity index (χ1v) is 8.09. The van der Waals surface area contributed by atoms with Crippen molar-refractivity contribution in [3.8, 4) is 0 Å². The normalized spacial score (nSPS) is 34.9. The Balaban J connectivity index is 1.54. The molecule has 118 valence electrons. The second-order valence-electron chi connectivity index (χ2n) is 7.20. The number of benzene rings is 1. The predicted octanol–water partition coefficient (Wildman–Crippen LogP) is 1.06. The Labute approximate surface area is 135 Å². The molecule has 4 fully saturated rings. The molecule has 2 aromatic rings. The van der Waals surface area contributed by atoms with E-state index in [0.29, 0.717) is 5.69 Å². The number of rotatable bonds is 3. The van der Waals surface area contributed by atoms with Crippen molar-refractivity contribution < 1.29 is 9.28 Å². The largest absolute Gasteiger partial charge is 0.296 e. The molecule has 0 amide bonds. The minimum absolute atomic E-state index is 0.595. The molecule has 4 aliphatic heterocycles. The number of hydrogen-bond donors (Lipinski definition) is 0. The zero-order chi connectivity index (χ0) is 15.4. The number of aromatic nitrogens is 1. The van der Waals surface area contributed by atoms with E-state index in [2.05, 4.69) is 31.8 Å². The summed E-state index contributed by atoms with van der Waals surface area (Å²) in [5.74, 6) is 0. The highest BCUT2D eigenvalue weighted by Gasteiger charge is 2.48. The number of quaternary nitrogens is 1. The number of nitrogens with zero attached hydrogens (tertiary/aromatic N) is 5. The summed E-state index contributed by atoms with van der Waals surface area (Å²) in [7, 11) is 0. The number of carbonyl (C=O) groups excluding carboxylic acids is 1. The van der Waals surface area contributed by atoms with Gasteiger partial charge in [0.05, 0.1) is 25.5 Å². The van der Waals surface area contributed by atoms with Crippen LogP contribution in [0.4, 0.5) is 0 Å². The molecule has 0 N–H and O–H groups in total. The quantitative estimate of drug-likeness (QED) is 0.626. The summed E-state index contributed by atoms with van der Waals surface area (Å²) in [5, 5.41) is 1.11. The van der Waals surface area contributed by atoms with Crippen LogP contribution < -0.4 is 0 Å². The average molecular weight is 310 g/mol. The van der Waals surface area contributed by atoms with E-state index < -0.39 is 0 Å². The molecule has 1 aromatic carbocycles. The first-order chi connectivity index (χ1) is 11.2. The number of para-hydroxylation sites is 1. The van der Waals surface area contributed by atoms with Crippen LogP contribution in [-0.2, 0) is 6.54 Å². The molecule has 6 rings (SSSR count). The molecule has 6 nitrogen and oxygen atoms in total. The summed E-state index contributed by atoms with van der Waals surface area (Å²) in [6.45, 7) is 7.30. The zero-order valence-corrected chi connectivity index (χ0v) is 13.1. The molecule has 6 heteroatoms. The molecule has 0 aliphatic carbocycles. The molecular weight excluding hydrogens is 290 g/mol. The van der Waals surface area contributed by atoms with Crippen LogP contribution in [0.2, 0.25) is 0 Å². The number of aldehydes is 1. The lowest BCUT2D eigenvalue weighted by Gasteiger charge is -2.60. The lowest BCUT2D eigenvalue weighted by molar-refractivity contribution is -0.991. The number of hydrogen-bond acceptors (Lipinski definition) is 5. The fourth-order valence-corrected chi connectivity index (χ4v) is 4.57. The molecular formula is C17H20N5O+. The topological polar surface area (TPSA) is 39.7 Å². The Bertz CT molecular complexity index is 754. The van der Waals surface area contributed by atoms with Crippen molar-refractivity contribution >= 4 is 17.2 Å². The number of carbonyl (C=O) groups is 1. The number of fused-ring (bicyclic) bond motifs is 1. The van der Waals surface area contributed by atoms with E-state index >= 15 is 0 Å². The first-order valence-electron chi connectivity index (χ1n) is 8.09. The van der Waals surface area contributed by atoms with Crippen LogP contribution in [0, 0.1) is 0 Å². The summed E-state index contributed by atoms with van der Waals surface area (Å²) in [6.07, 6.45) is 0.910. The van der Waals surface area contributed by atoms with Gasteiger partial charge in [0.25, 0.3) is 0 Å². The molecule has 4 bridgehead atoms. The molecule has 1 aromatic heterocycles. The van der Waals surface area contributed by atoms with Crippen LogP contribution in [0.15, 0.2) is 30.3 Å². The highest BCUT2D eigenvalue weighted by molar-refractivity contribution is 5.85. The minimum Gasteiger partial charge on any atom is -0.296 e. The van der Waals surface area contributed by atoms with Crippen LogP contribution in [0.25, 0.3) is 10.9 Å². The van der Waals surface area contributed by atoms with E-state index in [-0.39, 0.29) is 0 Å². The van der Waals surface area contributed by atoms with Gasteiger partial charge in [0.1, 0.15) is 32.2 Å². The molecule has 4 saturated heterocycles. The van der Waals surface area contributed by atoms with Crippen LogP contribution in [0.3, 0.4) is 0 Å². The van der Waals surface area contributed by atoms with Gasteiger partial charge in [-0.05, 0) is 12.1 Å². The van der Waals surface area contributed by atoms with E-state index in [1.807, 2.05) is 18.2 Å². The van der Waals surface area contributed by atoms with Crippen LogP contribution in [0.1, 0.15) is 16.1 Å². The molecule has 0 spiro atoms. The molecule has 0 radical (unpaired) electrons. The average Bonchev–Trinajstić information content (AvgIpc) is 2.52. The van der Waals surface area contributed by atoms with Crippen molar-refractivity contribution in [3.63, 3.8) is 0 Å². The predicted molar refractivity (Wildman–Crippen MR) is 85.8 cm³/mol. The fraction of sp³-hybridized carbons (Fsp3) is 0.412. The third-order valence-electron chi connectivity index (χ3n) is 5.15. The smallest absolute Gasteiger partial charge is 0.168 e. The Morgan fingerprint density at radius 1 is 1.04 bits per heavy atom. The molecule has 23 heavy (non-hydrogen) atoms. The molecule has 0 atom stereocenters. The van der Waals surface area contributed by atoms with E-state index in [0.717, 1.165) is 73.8 Å².